The summed E-state index contributed by atoms with van der Waals surface area (Å²) in [6.45, 7) is 11.6. The van der Waals surface area contributed by atoms with E-state index in [0.717, 1.165) is 0 Å². The number of hydrogen-bond acceptors (Lipinski definition) is 1. The van der Waals surface area contributed by atoms with E-state index < -0.39 is 8.07 Å². The van der Waals surface area contributed by atoms with Crippen LogP contribution in [0.2, 0.25) is 19.6 Å². The average Bonchev–Trinajstić information content (AvgIpc) is 2.76. The first-order valence-corrected chi connectivity index (χ1v) is 11.0. The Kier molecular flexibility index (Phi) is 3.38. The molecule has 1 aliphatic carbocycles. The highest BCUT2D eigenvalue weighted by molar-refractivity contribution is 6.79. The predicted octanol–water partition coefficient (Wildman–Crippen LogP) is 4.99. The monoisotopic (exact) mass is 294 g/mol. The zero-order valence-electron chi connectivity index (χ0n) is 13.0. The maximum absolute atomic E-state index is 6.50. The lowest BCUT2D eigenvalue weighted by atomic mass is 10.1. The maximum atomic E-state index is 6.50. The molecule has 108 valence electrons. The van der Waals surface area contributed by atoms with Gasteiger partial charge < -0.3 is 4.74 Å². The van der Waals surface area contributed by atoms with Gasteiger partial charge in [-0.2, -0.15) is 0 Å². The Morgan fingerprint density at radius 3 is 1.86 bits per heavy atom. The van der Waals surface area contributed by atoms with Gasteiger partial charge in [-0.15, -0.1) is 6.58 Å². The highest BCUT2D eigenvalue weighted by Gasteiger charge is 2.52. The molecule has 0 aromatic heterocycles. The maximum Gasteiger partial charge on any atom is 0.107 e. The second-order valence-corrected chi connectivity index (χ2v) is 11.8. The SMILES string of the molecule is C=CCOC1([Si](C)(C)C)c2ccccc2-c2ccccc21. The van der Waals surface area contributed by atoms with Crippen LogP contribution in [0, 0.1) is 0 Å². The topological polar surface area (TPSA) is 9.23 Å². The van der Waals surface area contributed by atoms with Crippen molar-refractivity contribution in [3.05, 3.63) is 72.3 Å². The first kappa shape index (κ1) is 14.3. The van der Waals surface area contributed by atoms with E-state index >= 15 is 0 Å². The van der Waals surface area contributed by atoms with Crippen molar-refractivity contribution in [2.24, 2.45) is 0 Å². The summed E-state index contributed by atoms with van der Waals surface area (Å²) in [4.78, 5) is 0. The molecule has 0 saturated heterocycles. The summed E-state index contributed by atoms with van der Waals surface area (Å²) in [6.07, 6.45) is 1.85. The van der Waals surface area contributed by atoms with Crippen LogP contribution in [0.5, 0.6) is 0 Å². The molecule has 0 spiro atoms. The Morgan fingerprint density at radius 1 is 0.952 bits per heavy atom. The molecule has 2 heteroatoms. The summed E-state index contributed by atoms with van der Waals surface area (Å²) < 4.78 is 6.50. The van der Waals surface area contributed by atoms with Gasteiger partial charge in [-0.25, -0.2) is 0 Å². The van der Waals surface area contributed by atoms with Gasteiger partial charge in [0, 0.05) is 0 Å². The minimum Gasteiger partial charge on any atom is -0.365 e. The second kappa shape index (κ2) is 4.97. The Morgan fingerprint density at radius 2 is 1.43 bits per heavy atom. The van der Waals surface area contributed by atoms with Crippen LogP contribution >= 0.6 is 0 Å². The fourth-order valence-electron chi connectivity index (χ4n) is 3.56. The van der Waals surface area contributed by atoms with Crippen LogP contribution in [-0.2, 0) is 9.96 Å². The van der Waals surface area contributed by atoms with Crippen molar-refractivity contribution in [2.45, 2.75) is 24.9 Å². The Balaban J connectivity index is 2.35. The molecule has 0 aliphatic heterocycles. The summed E-state index contributed by atoms with van der Waals surface area (Å²) in [6, 6.07) is 17.4. The van der Waals surface area contributed by atoms with Crippen LogP contribution in [0.1, 0.15) is 11.1 Å². The van der Waals surface area contributed by atoms with Crippen LogP contribution in [0.3, 0.4) is 0 Å². The molecule has 21 heavy (non-hydrogen) atoms. The highest BCUT2D eigenvalue weighted by Crippen LogP contribution is 2.53. The smallest absolute Gasteiger partial charge is 0.107 e. The molecule has 0 unspecified atom stereocenters. The molecule has 0 N–H and O–H groups in total. The van der Waals surface area contributed by atoms with Crippen molar-refractivity contribution >= 4 is 8.07 Å². The van der Waals surface area contributed by atoms with Gasteiger partial charge in [0.15, 0.2) is 0 Å². The van der Waals surface area contributed by atoms with Gasteiger partial charge in [-0.05, 0) is 22.3 Å². The predicted molar refractivity (Wildman–Crippen MR) is 92.2 cm³/mol. The van der Waals surface area contributed by atoms with Crippen LogP contribution in [0.15, 0.2) is 61.2 Å². The number of rotatable bonds is 4. The van der Waals surface area contributed by atoms with Crippen LogP contribution < -0.4 is 0 Å². The third kappa shape index (κ3) is 1.94. The molecule has 1 nitrogen and oxygen atoms in total. The summed E-state index contributed by atoms with van der Waals surface area (Å²) in [5.74, 6) is 0. The Bertz CT molecular complexity index is 636. The molecule has 0 amide bonds. The van der Waals surface area contributed by atoms with Crippen LogP contribution in [-0.4, -0.2) is 14.7 Å². The zero-order chi connectivity index (χ0) is 15.1. The van der Waals surface area contributed by atoms with Crippen molar-refractivity contribution in [3.63, 3.8) is 0 Å². The summed E-state index contributed by atoms with van der Waals surface area (Å²) in [7, 11) is -1.68. The third-order valence-electron chi connectivity index (χ3n) is 4.38. The van der Waals surface area contributed by atoms with Gasteiger partial charge in [-0.3, -0.25) is 0 Å². The van der Waals surface area contributed by atoms with E-state index in [0.29, 0.717) is 6.61 Å². The summed E-state index contributed by atoms with van der Waals surface area (Å²) in [5, 5.41) is -0.283. The van der Waals surface area contributed by atoms with Crippen molar-refractivity contribution in [3.8, 4) is 11.1 Å². The van der Waals surface area contributed by atoms with Gasteiger partial charge in [0.05, 0.1) is 14.7 Å². The fraction of sp³-hybridized carbons (Fsp3) is 0.263. The fourth-order valence-corrected chi connectivity index (χ4v) is 6.13. The van der Waals surface area contributed by atoms with E-state index in [1.807, 2.05) is 6.08 Å². The van der Waals surface area contributed by atoms with E-state index in [1.54, 1.807) is 0 Å². The van der Waals surface area contributed by atoms with Crippen molar-refractivity contribution in [2.75, 3.05) is 6.61 Å². The lowest BCUT2D eigenvalue weighted by molar-refractivity contribution is 0.0609. The van der Waals surface area contributed by atoms with Crippen LogP contribution in [0.25, 0.3) is 11.1 Å². The zero-order valence-corrected chi connectivity index (χ0v) is 14.0. The molecule has 0 fully saturated rings. The number of hydrogen-bond donors (Lipinski definition) is 0. The molecule has 0 saturated carbocycles. The standard InChI is InChI=1S/C19H22OSi/c1-5-14-20-19(21(2,3)4)17-12-8-6-10-15(17)16-11-7-9-13-18(16)19/h5-13H,1,14H2,2-4H3. The Labute approximate surface area is 128 Å². The molecular formula is C19H22OSi. The molecule has 3 rings (SSSR count). The molecule has 0 atom stereocenters. The summed E-state index contributed by atoms with van der Waals surface area (Å²) >= 11 is 0. The summed E-state index contributed by atoms with van der Waals surface area (Å²) in [5.41, 5.74) is 5.29. The molecular weight excluding hydrogens is 272 g/mol. The van der Waals surface area contributed by atoms with Crippen molar-refractivity contribution in [1.29, 1.82) is 0 Å². The van der Waals surface area contributed by atoms with E-state index in [-0.39, 0.29) is 5.22 Å². The van der Waals surface area contributed by atoms with E-state index in [2.05, 4.69) is 74.8 Å². The molecule has 0 bridgehead atoms. The molecule has 2 aromatic carbocycles. The number of benzene rings is 2. The quantitative estimate of drug-likeness (QED) is 0.570. The van der Waals surface area contributed by atoms with E-state index in [1.165, 1.54) is 22.3 Å². The molecule has 0 radical (unpaired) electrons. The van der Waals surface area contributed by atoms with Crippen molar-refractivity contribution in [1.82, 2.24) is 0 Å². The van der Waals surface area contributed by atoms with E-state index in [4.69, 9.17) is 4.74 Å². The minimum absolute atomic E-state index is 0.283. The second-order valence-electron chi connectivity index (χ2n) is 6.62. The van der Waals surface area contributed by atoms with Gasteiger partial charge in [0.1, 0.15) is 5.22 Å². The lowest BCUT2D eigenvalue weighted by Gasteiger charge is -2.42. The molecule has 2 aromatic rings. The van der Waals surface area contributed by atoms with Gasteiger partial charge in [0.2, 0.25) is 0 Å². The lowest BCUT2D eigenvalue weighted by Crippen LogP contribution is -2.51. The highest BCUT2D eigenvalue weighted by atomic mass is 28.3. The van der Waals surface area contributed by atoms with Gasteiger partial charge >= 0.3 is 0 Å². The number of fused-ring (bicyclic) bond motifs is 3. The normalized spacial score (nSPS) is 15.4. The largest absolute Gasteiger partial charge is 0.365 e. The molecule has 0 heterocycles. The van der Waals surface area contributed by atoms with Gasteiger partial charge in [-0.1, -0.05) is 74.2 Å². The average molecular weight is 294 g/mol. The van der Waals surface area contributed by atoms with Crippen LogP contribution in [0.4, 0.5) is 0 Å². The third-order valence-corrected chi connectivity index (χ3v) is 7.17. The van der Waals surface area contributed by atoms with Gasteiger partial charge in [0.25, 0.3) is 0 Å². The first-order valence-electron chi connectivity index (χ1n) is 7.46. The first-order chi connectivity index (χ1) is 10.0. The number of ether oxygens (including phenoxy) is 1. The molecule has 1 aliphatic rings. The minimum atomic E-state index is -1.68. The Hall–Kier alpha value is -1.64. The van der Waals surface area contributed by atoms with Crippen molar-refractivity contribution < 1.29 is 4.74 Å². The van der Waals surface area contributed by atoms with E-state index in [9.17, 15) is 0 Å².